The fourth-order valence-electron chi connectivity index (χ4n) is 1.61. The van der Waals surface area contributed by atoms with Crippen molar-refractivity contribution in [2.75, 3.05) is 6.51 Å². The predicted octanol–water partition coefficient (Wildman–Crippen LogP) is 0.838. The fraction of sp³-hybridized carbons (Fsp3) is 0.667. The second-order valence-electron chi connectivity index (χ2n) is 5.53. The average molecular weight is 281 g/mol. The summed E-state index contributed by atoms with van der Waals surface area (Å²) in [7, 11) is 0. The Kier molecular flexibility index (Phi) is 5.14. The van der Waals surface area contributed by atoms with Gasteiger partial charge in [0.05, 0.1) is 11.2 Å². The van der Waals surface area contributed by atoms with E-state index in [0.717, 1.165) is 0 Å². The monoisotopic (exact) mass is 281 g/mol. The molecule has 0 saturated carbocycles. The molecule has 1 atom stereocenters. The highest BCUT2D eigenvalue weighted by atomic mass is 16.6. The molecule has 0 aliphatic carbocycles. The number of hydrogen-bond acceptors (Lipinski definition) is 7. The molecule has 0 bridgehead atoms. The van der Waals surface area contributed by atoms with Crippen LogP contribution in [-0.4, -0.2) is 31.3 Å². The van der Waals surface area contributed by atoms with E-state index >= 15 is 0 Å². The van der Waals surface area contributed by atoms with Crippen LogP contribution in [0.4, 0.5) is 0 Å². The summed E-state index contributed by atoms with van der Waals surface area (Å²) < 4.78 is 14.1. The molecule has 0 spiro atoms. The summed E-state index contributed by atoms with van der Waals surface area (Å²) in [5.74, 6) is -2.53. The summed E-state index contributed by atoms with van der Waals surface area (Å²) >= 11 is 0. The number of nitrogens with zero attached hydrogens (tertiary/aromatic N) is 1. The van der Waals surface area contributed by atoms with Crippen molar-refractivity contribution in [3.63, 3.8) is 0 Å². The molecule has 1 saturated heterocycles. The lowest BCUT2D eigenvalue weighted by Crippen LogP contribution is -2.27. The first-order valence-corrected chi connectivity index (χ1v) is 6.22. The topological polar surface area (TPSA) is 103 Å². The number of ether oxygens (including phenoxy) is 2. The van der Waals surface area contributed by atoms with Gasteiger partial charge in [-0.05, 0) is 27.2 Å². The second-order valence-corrected chi connectivity index (χ2v) is 5.53. The van der Waals surface area contributed by atoms with Gasteiger partial charge in [-0.2, -0.15) is 5.26 Å². The van der Waals surface area contributed by atoms with Crippen LogP contribution in [0.5, 0.6) is 0 Å². The number of nitriles is 1. The van der Waals surface area contributed by atoms with Gasteiger partial charge < -0.3 is 14.1 Å². The molecule has 8 heteroatoms. The van der Waals surface area contributed by atoms with E-state index in [-0.39, 0.29) is 19.3 Å². The standard InChI is InChI=1S/C12H16BNO6/c1-12(2,3)11(17)20-9(15)5-4-8-10(16)18-6-13(8)19-7-14/h8H,4-6H2,1-3H3. The number of carbonyl (C=O) groups is 3. The molecule has 1 aliphatic rings. The second kappa shape index (κ2) is 6.41. The van der Waals surface area contributed by atoms with Crippen LogP contribution in [0, 0.1) is 16.9 Å². The van der Waals surface area contributed by atoms with Gasteiger partial charge in [-0.25, -0.2) is 0 Å². The lowest BCUT2D eigenvalue weighted by Gasteiger charge is -2.15. The minimum Gasteiger partial charge on any atom is -0.493 e. The minimum absolute atomic E-state index is 0.00692. The number of carbonyl (C=O) groups excluding carboxylic acids is 3. The van der Waals surface area contributed by atoms with Gasteiger partial charge >= 0.3 is 24.8 Å². The van der Waals surface area contributed by atoms with Crippen molar-refractivity contribution in [1.82, 2.24) is 0 Å². The summed E-state index contributed by atoms with van der Waals surface area (Å²) in [4.78, 5) is 34.4. The highest BCUT2D eigenvalue weighted by molar-refractivity contribution is 6.60. The van der Waals surface area contributed by atoms with Gasteiger partial charge in [0.25, 0.3) is 6.26 Å². The fourth-order valence-corrected chi connectivity index (χ4v) is 1.61. The Morgan fingerprint density at radius 3 is 2.70 bits per heavy atom. The number of cyclic esters (lactones) is 1. The van der Waals surface area contributed by atoms with Gasteiger partial charge in [-0.1, -0.05) is 0 Å². The van der Waals surface area contributed by atoms with Crippen molar-refractivity contribution in [3.05, 3.63) is 0 Å². The lowest BCUT2D eigenvalue weighted by molar-refractivity contribution is -0.165. The Bertz CT molecular complexity index is 450. The van der Waals surface area contributed by atoms with E-state index in [9.17, 15) is 14.4 Å². The SMILES string of the molecule is CC(C)(C)C(=O)OC(=O)CCC1B(OC#N)COC1=O. The van der Waals surface area contributed by atoms with E-state index < -0.39 is 36.1 Å². The molecule has 0 aromatic rings. The highest BCUT2D eigenvalue weighted by Crippen LogP contribution is 2.26. The number of esters is 3. The van der Waals surface area contributed by atoms with Crippen molar-refractivity contribution < 1.29 is 28.5 Å². The summed E-state index contributed by atoms with van der Waals surface area (Å²) in [6.45, 7) is 4.21. The highest BCUT2D eigenvalue weighted by Gasteiger charge is 2.44. The molecular formula is C12H16BNO6. The molecule has 1 rings (SSSR count). The Labute approximate surface area is 117 Å². The zero-order valence-electron chi connectivity index (χ0n) is 11.7. The van der Waals surface area contributed by atoms with Gasteiger partial charge in [-0.3, -0.25) is 14.4 Å². The van der Waals surface area contributed by atoms with Crippen molar-refractivity contribution in [3.8, 4) is 6.26 Å². The lowest BCUT2D eigenvalue weighted by atomic mass is 9.57. The molecule has 0 aromatic heterocycles. The van der Waals surface area contributed by atoms with Crippen molar-refractivity contribution in [2.45, 2.75) is 39.4 Å². The maximum atomic E-state index is 11.5. The number of hydrogen-bond donors (Lipinski definition) is 0. The van der Waals surface area contributed by atoms with Gasteiger partial charge in [0.1, 0.15) is 6.51 Å². The van der Waals surface area contributed by atoms with Gasteiger partial charge in [0.2, 0.25) is 0 Å². The van der Waals surface area contributed by atoms with Gasteiger partial charge in [-0.15, -0.1) is 0 Å². The molecule has 0 N–H and O–H groups in total. The van der Waals surface area contributed by atoms with Crippen molar-refractivity contribution >= 4 is 24.8 Å². The Morgan fingerprint density at radius 2 is 2.15 bits per heavy atom. The third-order valence-corrected chi connectivity index (χ3v) is 2.82. The molecule has 0 radical (unpaired) electrons. The van der Waals surface area contributed by atoms with E-state index in [1.54, 1.807) is 20.8 Å². The summed E-state index contributed by atoms with van der Waals surface area (Å²) in [6.07, 6.45) is 1.49. The third-order valence-electron chi connectivity index (χ3n) is 2.82. The largest absolute Gasteiger partial charge is 0.493 e. The Hall–Kier alpha value is -2.04. The molecule has 1 aliphatic heterocycles. The molecule has 1 unspecified atom stereocenters. The van der Waals surface area contributed by atoms with Crippen LogP contribution in [0.25, 0.3) is 0 Å². The van der Waals surface area contributed by atoms with Crippen LogP contribution in [-0.2, 0) is 28.5 Å². The van der Waals surface area contributed by atoms with Gasteiger partial charge in [0.15, 0.2) is 0 Å². The predicted molar refractivity (Wildman–Crippen MR) is 66.9 cm³/mol. The van der Waals surface area contributed by atoms with Crippen LogP contribution >= 0.6 is 0 Å². The molecule has 0 amide bonds. The maximum absolute atomic E-state index is 11.5. The average Bonchev–Trinajstić information content (AvgIpc) is 2.67. The minimum atomic E-state index is -0.769. The van der Waals surface area contributed by atoms with E-state index in [0.29, 0.717) is 0 Å². The van der Waals surface area contributed by atoms with Crippen molar-refractivity contribution in [1.29, 1.82) is 5.26 Å². The maximum Gasteiger partial charge on any atom is 0.425 e. The van der Waals surface area contributed by atoms with E-state index in [2.05, 4.69) is 4.74 Å². The summed E-state index contributed by atoms with van der Waals surface area (Å²) in [6, 6.07) is 0. The molecule has 7 nitrogen and oxygen atoms in total. The van der Waals surface area contributed by atoms with E-state index in [1.807, 2.05) is 0 Å². The van der Waals surface area contributed by atoms with Crippen LogP contribution in [0.15, 0.2) is 0 Å². The molecular weight excluding hydrogens is 265 g/mol. The smallest absolute Gasteiger partial charge is 0.425 e. The van der Waals surface area contributed by atoms with Crippen molar-refractivity contribution in [2.24, 2.45) is 5.41 Å². The molecule has 108 valence electrons. The normalized spacial score (nSPS) is 18.2. The Balaban J connectivity index is 2.46. The first-order chi connectivity index (χ1) is 9.25. The van der Waals surface area contributed by atoms with Gasteiger partial charge in [0, 0.05) is 6.42 Å². The zero-order valence-corrected chi connectivity index (χ0v) is 11.7. The van der Waals surface area contributed by atoms with E-state index in [4.69, 9.17) is 14.7 Å². The van der Waals surface area contributed by atoms with Crippen LogP contribution in [0.2, 0.25) is 5.82 Å². The first kappa shape index (κ1) is 16.0. The summed E-state index contributed by atoms with van der Waals surface area (Å²) in [5.41, 5.74) is -0.769. The van der Waals surface area contributed by atoms with E-state index in [1.165, 1.54) is 6.26 Å². The molecule has 1 heterocycles. The molecule has 20 heavy (non-hydrogen) atoms. The molecule has 1 fully saturated rings. The Morgan fingerprint density at radius 1 is 1.50 bits per heavy atom. The quantitative estimate of drug-likeness (QED) is 0.325. The van der Waals surface area contributed by atoms with Crippen LogP contribution < -0.4 is 0 Å². The van der Waals surface area contributed by atoms with Crippen LogP contribution in [0.1, 0.15) is 33.6 Å². The third kappa shape index (κ3) is 4.26. The number of rotatable bonds is 4. The molecule has 0 aromatic carbocycles. The zero-order chi connectivity index (χ0) is 15.3. The summed E-state index contributed by atoms with van der Waals surface area (Å²) in [5, 5.41) is 8.44. The first-order valence-electron chi connectivity index (χ1n) is 6.22. The van der Waals surface area contributed by atoms with Crippen LogP contribution in [0.3, 0.4) is 0 Å².